The van der Waals surface area contributed by atoms with Crippen molar-refractivity contribution < 1.29 is 13.3 Å². The minimum atomic E-state index is -3.84. The summed E-state index contributed by atoms with van der Waals surface area (Å²) in [4.78, 5) is 9.93. The third kappa shape index (κ3) is 3.57. The maximum Gasteiger partial charge on any atom is 0.271 e. The third-order valence-electron chi connectivity index (χ3n) is 3.85. The van der Waals surface area contributed by atoms with Crippen molar-refractivity contribution >= 4 is 27.3 Å². The smallest absolute Gasteiger partial charge is 0.271 e. The third-order valence-corrected chi connectivity index (χ3v) is 5.80. The maximum atomic E-state index is 12.5. The van der Waals surface area contributed by atoms with Gasteiger partial charge in [0.15, 0.2) is 0 Å². The molecule has 1 aliphatic rings. The van der Waals surface area contributed by atoms with Crippen LogP contribution in [0.5, 0.6) is 0 Å². The molecule has 0 aliphatic carbocycles. The molecule has 0 aromatic heterocycles. The molecule has 1 aromatic rings. The van der Waals surface area contributed by atoms with Gasteiger partial charge in [-0.25, -0.2) is 13.1 Å². The van der Waals surface area contributed by atoms with Gasteiger partial charge < -0.3 is 5.32 Å². The molecule has 0 radical (unpaired) electrons. The van der Waals surface area contributed by atoms with E-state index in [4.69, 9.17) is 11.6 Å². The SMILES string of the molecule is CC1(C)CNCCC1NS(=O)(=O)c1ccc([N+](=O)[O-])cc1Cl. The largest absolute Gasteiger partial charge is 0.316 e. The maximum absolute atomic E-state index is 12.5. The van der Waals surface area contributed by atoms with Crippen molar-refractivity contribution in [1.82, 2.24) is 10.0 Å². The minimum absolute atomic E-state index is 0.144. The van der Waals surface area contributed by atoms with Crippen molar-refractivity contribution in [3.63, 3.8) is 0 Å². The molecular weight excluding hydrogens is 330 g/mol. The van der Waals surface area contributed by atoms with Crippen LogP contribution in [0.1, 0.15) is 20.3 Å². The van der Waals surface area contributed by atoms with Gasteiger partial charge in [-0.05, 0) is 24.4 Å². The van der Waals surface area contributed by atoms with Gasteiger partial charge in [0.1, 0.15) is 4.90 Å². The van der Waals surface area contributed by atoms with E-state index in [9.17, 15) is 18.5 Å². The monoisotopic (exact) mass is 347 g/mol. The second-order valence-corrected chi connectivity index (χ2v) is 8.09. The highest BCUT2D eigenvalue weighted by Crippen LogP contribution is 2.30. The van der Waals surface area contributed by atoms with Crippen LogP contribution < -0.4 is 10.0 Å². The van der Waals surface area contributed by atoms with Crippen LogP contribution in [0.4, 0.5) is 5.69 Å². The van der Waals surface area contributed by atoms with Crippen LogP contribution in [-0.4, -0.2) is 32.5 Å². The van der Waals surface area contributed by atoms with Gasteiger partial charge in [-0.15, -0.1) is 0 Å². The van der Waals surface area contributed by atoms with Gasteiger partial charge in [0.2, 0.25) is 10.0 Å². The minimum Gasteiger partial charge on any atom is -0.316 e. The molecule has 0 amide bonds. The first-order valence-corrected chi connectivity index (χ1v) is 8.66. The van der Waals surface area contributed by atoms with Crippen LogP contribution in [0.3, 0.4) is 0 Å². The lowest BCUT2D eigenvalue weighted by molar-refractivity contribution is -0.384. The number of nitro benzene ring substituents is 1. The van der Waals surface area contributed by atoms with E-state index in [1.54, 1.807) is 0 Å². The summed E-state index contributed by atoms with van der Waals surface area (Å²) in [6, 6.07) is 3.11. The number of hydrogen-bond donors (Lipinski definition) is 2. The Morgan fingerprint density at radius 3 is 2.68 bits per heavy atom. The Bertz CT molecular complexity index is 691. The number of hydrogen-bond acceptors (Lipinski definition) is 5. The topological polar surface area (TPSA) is 101 Å². The molecule has 22 heavy (non-hydrogen) atoms. The zero-order valence-corrected chi connectivity index (χ0v) is 13.9. The fourth-order valence-electron chi connectivity index (χ4n) is 2.46. The summed E-state index contributed by atoms with van der Waals surface area (Å²) < 4.78 is 27.7. The highest BCUT2D eigenvalue weighted by atomic mass is 35.5. The van der Waals surface area contributed by atoms with Crippen molar-refractivity contribution in [3.05, 3.63) is 33.3 Å². The van der Waals surface area contributed by atoms with Crippen LogP contribution in [-0.2, 0) is 10.0 Å². The highest BCUT2D eigenvalue weighted by molar-refractivity contribution is 7.89. The van der Waals surface area contributed by atoms with Gasteiger partial charge in [0, 0.05) is 24.7 Å². The second-order valence-electron chi connectivity index (χ2n) is 6.00. The average molecular weight is 348 g/mol. The zero-order chi connectivity index (χ0) is 16.5. The summed E-state index contributed by atoms with van der Waals surface area (Å²) in [6.07, 6.45) is 0.664. The molecule has 1 heterocycles. The first-order chi connectivity index (χ1) is 10.1. The molecule has 0 spiro atoms. The van der Waals surface area contributed by atoms with Gasteiger partial charge in [-0.1, -0.05) is 25.4 Å². The van der Waals surface area contributed by atoms with Gasteiger partial charge in [-0.3, -0.25) is 10.1 Å². The first-order valence-electron chi connectivity index (χ1n) is 6.80. The number of rotatable bonds is 4. The normalized spacial score (nSPS) is 21.5. The molecule has 1 fully saturated rings. The molecule has 1 aliphatic heterocycles. The molecule has 7 nitrogen and oxygen atoms in total. The number of sulfonamides is 1. The van der Waals surface area contributed by atoms with E-state index in [-0.39, 0.29) is 27.1 Å². The lowest BCUT2D eigenvalue weighted by atomic mass is 9.81. The average Bonchev–Trinajstić information content (AvgIpc) is 2.40. The lowest BCUT2D eigenvalue weighted by Gasteiger charge is -2.39. The molecule has 9 heteroatoms. The van der Waals surface area contributed by atoms with Crippen LogP contribution >= 0.6 is 11.6 Å². The van der Waals surface area contributed by atoms with E-state index in [1.807, 2.05) is 13.8 Å². The summed E-state index contributed by atoms with van der Waals surface area (Å²) in [7, 11) is -3.84. The Labute approximate surface area is 134 Å². The van der Waals surface area contributed by atoms with Crippen LogP contribution in [0.25, 0.3) is 0 Å². The predicted molar refractivity (Wildman–Crippen MR) is 83.5 cm³/mol. The molecule has 0 bridgehead atoms. The summed E-state index contributed by atoms with van der Waals surface area (Å²) in [6.45, 7) is 5.38. The number of piperidine rings is 1. The Morgan fingerprint density at radius 1 is 1.45 bits per heavy atom. The Hall–Kier alpha value is -1.22. The van der Waals surface area contributed by atoms with Gasteiger partial charge >= 0.3 is 0 Å². The van der Waals surface area contributed by atoms with Crippen LogP contribution in [0.15, 0.2) is 23.1 Å². The Balaban J connectivity index is 2.29. The second kappa shape index (κ2) is 6.11. The van der Waals surface area contributed by atoms with Crippen molar-refractivity contribution in [2.24, 2.45) is 5.41 Å². The van der Waals surface area contributed by atoms with Gasteiger partial charge in [0.25, 0.3) is 5.69 Å². The first kappa shape index (κ1) is 17.1. The summed E-state index contributed by atoms with van der Waals surface area (Å²) in [5, 5.41) is 13.8. The summed E-state index contributed by atoms with van der Waals surface area (Å²) >= 11 is 5.91. The molecule has 122 valence electrons. The van der Waals surface area contributed by atoms with Crippen molar-refractivity contribution in [3.8, 4) is 0 Å². The van der Waals surface area contributed by atoms with E-state index in [1.165, 1.54) is 0 Å². The van der Waals surface area contributed by atoms with Gasteiger partial charge in [0.05, 0.1) is 9.95 Å². The number of halogens is 1. The van der Waals surface area contributed by atoms with E-state index in [0.717, 1.165) is 24.7 Å². The number of nitrogens with zero attached hydrogens (tertiary/aromatic N) is 1. The fourth-order valence-corrected chi connectivity index (χ4v) is 4.44. The van der Waals surface area contributed by atoms with E-state index in [2.05, 4.69) is 10.0 Å². The number of nitro groups is 1. The zero-order valence-electron chi connectivity index (χ0n) is 12.3. The molecule has 1 saturated heterocycles. The molecule has 0 saturated carbocycles. The molecule has 1 aromatic carbocycles. The Morgan fingerprint density at radius 2 is 2.14 bits per heavy atom. The summed E-state index contributed by atoms with van der Waals surface area (Å²) in [5.74, 6) is 0. The molecule has 1 unspecified atom stereocenters. The van der Waals surface area contributed by atoms with Crippen molar-refractivity contribution in [2.45, 2.75) is 31.2 Å². The Kier molecular flexibility index (Phi) is 4.76. The molecular formula is C13H18ClN3O4S. The van der Waals surface area contributed by atoms with E-state index < -0.39 is 14.9 Å². The van der Waals surface area contributed by atoms with Crippen LogP contribution in [0, 0.1) is 15.5 Å². The molecule has 2 rings (SSSR count). The van der Waals surface area contributed by atoms with Crippen molar-refractivity contribution in [1.29, 1.82) is 0 Å². The molecule has 2 N–H and O–H groups in total. The fraction of sp³-hybridized carbons (Fsp3) is 0.538. The number of benzene rings is 1. The van der Waals surface area contributed by atoms with Crippen molar-refractivity contribution in [2.75, 3.05) is 13.1 Å². The van der Waals surface area contributed by atoms with Gasteiger partial charge in [-0.2, -0.15) is 0 Å². The highest BCUT2D eigenvalue weighted by Gasteiger charge is 2.35. The molecule has 1 atom stereocenters. The van der Waals surface area contributed by atoms with E-state index >= 15 is 0 Å². The quantitative estimate of drug-likeness (QED) is 0.640. The predicted octanol–water partition coefficient (Wildman–Crippen LogP) is 1.91. The number of non-ortho nitro benzene ring substituents is 1. The number of nitrogens with one attached hydrogen (secondary N) is 2. The van der Waals surface area contributed by atoms with E-state index in [0.29, 0.717) is 13.0 Å². The van der Waals surface area contributed by atoms with Crippen LogP contribution in [0.2, 0.25) is 5.02 Å². The summed E-state index contributed by atoms with van der Waals surface area (Å²) in [5.41, 5.74) is -0.482. The lowest BCUT2D eigenvalue weighted by Crippen LogP contribution is -2.54. The standard InChI is InChI=1S/C13H18ClN3O4S/c1-13(2)8-15-6-5-12(13)16-22(20,21)11-4-3-9(17(18)19)7-10(11)14/h3-4,7,12,15-16H,5-6,8H2,1-2H3.